The van der Waals surface area contributed by atoms with Crippen LogP contribution in [0.1, 0.15) is 36.5 Å². The normalized spacial score (nSPS) is 9.93. The van der Waals surface area contributed by atoms with Gasteiger partial charge in [-0.15, -0.1) is 0 Å². The molecule has 6 nitrogen and oxygen atoms in total. The second-order valence-electron chi connectivity index (χ2n) is 6.12. The molecule has 0 saturated heterocycles. The zero-order valence-electron chi connectivity index (χ0n) is 15.3. The minimum Gasteiger partial charge on any atom is -0.484 e. The van der Waals surface area contributed by atoms with Crippen LogP contribution in [-0.4, -0.2) is 18.4 Å². The predicted octanol–water partition coefficient (Wildman–Crippen LogP) is 2.67. The summed E-state index contributed by atoms with van der Waals surface area (Å²) in [4.78, 5) is 23.7. The lowest BCUT2D eigenvalue weighted by Gasteiger charge is -2.09. The van der Waals surface area contributed by atoms with Crippen molar-refractivity contribution in [2.45, 2.75) is 32.6 Å². The van der Waals surface area contributed by atoms with Crippen molar-refractivity contribution in [2.75, 3.05) is 6.61 Å². The molecular formula is C21H23N3O3. The number of unbranched alkanes of at least 4 members (excludes halogenated alkanes) is 1. The number of benzene rings is 2. The molecule has 0 fully saturated rings. The van der Waals surface area contributed by atoms with Crippen LogP contribution in [0.2, 0.25) is 0 Å². The molecule has 2 aromatic rings. The van der Waals surface area contributed by atoms with E-state index in [0.717, 1.165) is 24.8 Å². The number of aryl methyl sites for hydroxylation is 1. The summed E-state index contributed by atoms with van der Waals surface area (Å²) in [5.41, 5.74) is 7.35. The van der Waals surface area contributed by atoms with E-state index < -0.39 is 5.91 Å². The highest BCUT2D eigenvalue weighted by Crippen LogP contribution is 2.11. The number of ether oxygens (including phenoxy) is 1. The van der Waals surface area contributed by atoms with Crippen LogP contribution in [0.25, 0.3) is 0 Å². The lowest BCUT2D eigenvalue weighted by atomic mass is 10.0. The summed E-state index contributed by atoms with van der Waals surface area (Å²) >= 11 is 0. The average Bonchev–Trinajstić information content (AvgIpc) is 2.70. The van der Waals surface area contributed by atoms with Crippen LogP contribution < -0.4 is 15.6 Å². The Labute approximate surface area is 159 Å². The summed E-state index contributed by atoms with van der Waals surface area (Å²) in [5, 5.41) is 8.73. The van der Waals surface area contributed by atoms with Crippen LogP contribution in [0, 0.1) is 11.3 Å². The Balaban J connectivity index is 1.69. The molecule has 2 aromatic carbocycles. The van der Waals surface area contributed by atoms with Crippen LogP contribution in [0.5, 0.6) is 5.75 Å². The van der Waals surface area contributed by atoms with E-state index in [4.69, 9.17) is 10.00 Å². The molecule has 0 atom stereocenters. The van der Waals surface area contributed by atoms with Crippen LogP contribution in [0.15, 0.2) is 48.5 Å². The molecule has 0 bridgehead atoms. The van der Waals surface area contributed by atoms with Gasteiger partial charge < -0.3 is 4.74 Å². The average molecular weight is 365 g/mol. The zero-order chi connectivity index (χ0) is 19.5. The van der Waals surface area contributed by atoms with E-state index in [1.165, 1.54) is 5.56 Å². The maximum atomic E-state index is 11.9. The fourth-order valence-electron chi connectivity index (χ4n) is 2.38. The van der Waals surface area contributed by atoms with E-state index in [-0.39, 0.29) is 18.9 Å². The number of nitrogens with zero attached hydrogens (tertiary/aromatic N) is 1. The lowest BCUT2D eigenvalue weighted by molar-refractivity contribution is -0.129. The number of hydrazine groups is 1. The minimum atomic E-state index is -0.470. The van der Waals surface area contributed by atoms with E-state index in [0.29, 0.717) is 11.3 Å². The van der Waals surface area contributed by atoms with Gasteiger partial charge in [-0.1, -0.05) is 37.6 Å². The molecule has 2 rings (SSSR count). The van der Waals surface area contributed by atoms with Crippen molar-refractivity contribution in [1.82, 2.24) is 10.9 Å². The van der Waals surface area contributed by atoms with Gasteiger partial charge in [0, 0.05) is 0 Å². The van der Waals surface area contributed by atoms with Crippen molar-refractivity contribution in [3.63, 3.8) is 0 Å². The number of nitriles is 1. The van der Waals surface area contributed by atoms with Gasteiger partial charge in [0.05, 0.1) is 18.1 Å². The molecule has 0 unspecified atom stereocenters. The maximum absolute atomic E-state index is 11.9. The molecule has 0 aliphatic heterocycles. The molecule has 2 amide bonds. The monoisotopic (exact) mass is 365 g/mol. The second-order valence-corrected chi connectivity index (χ2v) is 6.12. The van der Waals surface area contributed by atoms with Gasteiger partial charge in [0.15, 0.2) is 6.61 Å². The molecule has 27 heavy (non-hydrogen) atoms. The van der Waals surface area contributed by atoms with Crippen LogP contribution >= 0.6 is 0 Å². The summed E-state index contributed by atoms with van der Waals surface area (Å²) < 4.78 is 5.29. The third-order valence-electron chi connectivity index (χ3n) is 3.90. The molecule has 0 saturated carbocycles. The van der Waals surface area contributed by atoms with E-state index >= 15 is 0 Å². The van der Waals surface area contributed by atoms with Gasteiger partial charge in [0.1, 0.15) is 5.75 Å². The molecule has 140 valence electrons. The first-order chi connectivity index (χ1) is 13.1. The SMILES string of the molecule is CCCCc1ccc(CC(=O)NNC(=O)COc2ccc(C#N)cc2)cc1. The van der Waals surface area contributed by atoms with Crippen LogP contribution in [-0.2, 0) is 22.4 Å². The Morgan fingerprint density at radius 2 is 1.59 bits per heavy atom. The zero-order valence-corrected chi connectivity index (χ0v) is 15.3. The van der Waals surface area contributed by atoms with Crippen LogP contribution in [0.3, 0.4) is 0 Å². The molecule has 0 radical (unpaired) electrons. The van der Waals surface area contributed by atoms with Gasteiger partial charge in [-0.25, -0.2) is 0 Å². The highest BCUT2D eigenvalue weighted by Gasteiger charge is 2.07. The van der Waals surface area contributed by atoms with Gasteiger partial charge in [0.25, 0.3) is 5.91 Å². The van der Waals surface area contributed by atoms with Gasteiger partial charge >= 0.3 is 0 Å². The first-order valence-electron chi connectivity index (χ1n) is 8.89. The van der Waals surface area contributed by atoms with Crippen molar-refractivity contribution < 1.29 is 14.3 Å². The Bertz CT molecular complexity index is 793. The van der Waals surface area contributed by atoms with Gasteiger partial charge in [-0.2, -0.15) is 5.26 Å². The Morgan fingerprint density at radius 1 is 0.963 bits per heavy atom. The van der Waals surface area contributed by atoms with Crippen molar-refractivity contribution >= 4 is 11.8 Å². The van der Waals surface area contributed by atoms with E-state index in [1.54, 1.807) is 24.3 Å². The van der Waals surface area contributed by atoms with Crippen molar-refractivity contribution in [3.05, 3.63) is 65.2 Å². The molecule has 0 aliphatic carbocycles. The number of amides is 2. The fraction of sp³-hybridized carbons (Fsp3) is 0.286. The Morgan fingerprint density at radius 3 is 2.22 bits per heavy atom. The number of carbonyl (C=O) groups is 2. The number of rotatable bonds is 8. The molecule has 0 aliphatic rings. The Hall–Kier alpha value is -3.33. The van der Waals surface area contributed by atoms with E-state index in [9.17, 15) is 9.59 Å². The van der Waals surface area contributed by atoms with Crippen LogP contribution in [0.4, 0.5) is 0 Å². The fourth-order valence-corrected chi connectivity index (χ4v) is 2.38. The number of carbonyl (C=O) groups excluding carboxylic acids is 2. The lowest BCUT2D eigenvalue weighted by Crippen LogP contribution is -2.44. The minimum absolute atomic E-state index is 0.185. The molecular weight excluding hydrogens is 342 g/mol. The third kappa shape index (κ3) is 7.20. The largest absolute Gasteiger partial charge is 0.484 e. The summed E-state index contributed by atoms with van der Waals surface area (Å²) in [6, 6.07) is 16.3. The smallest absolute Gasteiger partial charge is 0.276 e. The maximum Gasteiger partial charge on any atom is 0.276 e. The predicted molar refractivity (Wildman–Crippen MR) is 102 cm³/mol. The molecule has 0 heterocycles. The highest BCUT2D eigenvalue weighted by atomic mass is 16.5. The quantitative estimate of drug-likeness (QED) is 0.704. The van der Waals surface area contributed by atoms with Crippen molar-refractivity contribution in [2.24, 2.45) is 0 Å². The first kappa shape index (κ1) is 20.0. The van der Waals surface area contributed by atoms with E-state index in [1.807, 2.05) is 30.3 Å². The van der Waals surface area contributed by atoms with Gasteiger partial charge in [0.2, 0.25) is 5.91 Å². The van der Waals surface area contributed by atoms with Crippen molar-refractivity contribution in [3.8, 4) is 11.8 Å². The summed E-state index contributed by atoms with van der Waals surface area (Å²) in [5.74, 6) is -0.302. The summed E-state index contributed by atoms with van der Waals surface area (Å²) in [6.07, 6.45) is 3.53. The van der Waals surface area contributed by atoms with Gasteiger partial charge in [-0.05, 0) is 48.2 Å². The molecule has 0 aromatic heterocycles. The Kier molecular flexibility index (Phi) is 7.86. The van der Waals surface area contributed by atoms with Crippen molar-refractivity contribution in [1.29, 1.82) is 5.26 Å². The highest BCUT2D eigenvalue weighted by molar-refractivity contribution is 5.83. The van der Waals surface area contributed by atoms with E-state index in [2.05, 4.69) is 17.8 Å². The first-order valence-corrected chi connectivity index (χ1v) is 8.89. The number of nitrogens with one attached hydrogen (secondary N) is 2. The topological polar surface area (TPSA) is 91.2 Å². The van der Waals surface area contributed by atoms with Gasteiger partial charge in [-0.3, -0.25) is 20.4 Å². The summed E-state index contributed by atoms with van der Waals surface area (Å²) in [7, 11) is 0. The molecule has 6 heteroatoms. The number of hydrogen-bond donors (Lipinski definition) is 2. The standard InChI is InChI=1S/C21H23N3O3/c1-2-3-4-16-5-7-17(8-6-16)13-20(25)23-24-21(26)15-27-19-11-9-18(14-22)10-12-19/h5-12H,2-4,13,15H2,1H3,(H,23,25)(H,24,26). The number of hydrogen-bond acceptors (Lipinski definition) is 4. The molecule has 2 N–H and O–H groups in total. The third-order valence-corrected chi connectivity index (χ3v) is 3.90. The molecule has 0 spiro atoms. The summed E-state index contributed by atoms with van der Waals surface area (Å²) in [6.45, 7) is 1.92. The second kappa shape index (κ2) is 10.6.